The number of hydrogen-bond acceptors (Lipinski definition) is 1. The fraction of sp³-hybridized carbons (Fsp3) is 0.500. The molecule has 1 aromatic heterocycles. The Kier molecular flexibility index (Phi) is 9.91. The van der Waals surface area contributed by atoms with Gasteiger partial charge in [-0.2, -0.15) is 0 Å². The SMILES string of the molecule is Cn1ccc(C2=CC[C]([Ti+2]([CH3])([CH3])[NH]C(C)(C)C)=C2)c1.[Cl-].[Cl-].[SiH4]. The number of halogens is 2. The van der Waals surface area contributed by atoms with E-state index in [4.69, 9.17) is 0 Å². The van der Waals surface area contributed by atoms with Crippen molar-refractivity contribution in [2.75, 3.05) is 0 Å². The molecule has 0 saturated heterocycles. The molecule has 0 saturated carbocycles. The standard InChI is InChI=1S/C10H10N.C4H10N.2CH3.2ClH.H4Si.Ti/c1-11-7-6-10(8-11)9-4-2-3-5-9;1-4(2,3)5;;;;;;/h4-8H,2H2,1H3;5H,1-3H3;2*1H3;2*1H;1H4;/q;-1;;;;;;+3/p-2. The van der Waals surface area contributed by atoms with Gasteiger partial charge >= 0.3 is 121 Å². The largest absolute Gasteiger partial charge is 1.00 e. The molecule has 0 unspecified atom stereocenters. The molecule has 1 N–H and O–H groups in total. The second kappa shape index (κ2) is 8.91. The molecule has 0 aliphatic heterocycles. The van der Waals surface area contributed by atoms with Crippen molar-refractivity contribution in [1.29, 1.82) is 0 Å². The van der Waals surface area contributed by atoms with Gasteiger partial charge in [-0.1, -0.05) is 0 Å². The third-order valence-electron chi connectivity index (χ3n) is 3.53. The average Bonchev–Trinajstić information content (AvgIpc) is 2.81. The second-order valence-corrected chi connectivity index (χ2v) is 13.6. The molecular formula is C16H30Cl2N2SiTi. The summed E-state index contributed by atoms with van der Waals surface area (Å²) in [5, 5.41) is 4.91. The van der Waals surface area contributed by atoms with Gasteiger partial charge in [-0.25, -0.2) is 0 Å². The molecular weight excluding hydrogens is 367 g/mol. The molecule has 1 heterocycles. The third-order valence-corrected chi connectivity index (χ3v) is 8.73. The normalized spacial score (nSPS) is 13.5. The van der Waals surface area contributed by atoms with Crippen molar-refractivity contribution in [2.45, 2.75) is 43.2 Å². The monoisotopic (exact) mass is 396 g/mol. The summed E-state index contributed by atoms with van der Waals surface area (Å²) in [6.07, 6.45) is 10.2. The van der Waals surface area contributed by atoms with Gasteiger partial charge < -0.3 is 24.8 Å². The number of rotatable bonds is 3. The molecule has 0 atom stereocenters. The molecule has 0 fully saturated rings. The van der Waals surface area contributed by atoms with Crippen LogP contribution in [0.4, 0.5) is 0 Å². The number of aryl methyl sites for hydroxylation is 1. The Morgan fingerprint density at radius 3 is 2.23 bits per heavy atom. The van der Waals surface area contributed by atoms with E-state index in [-0.39, 0.29) is 41.3 Å². The summed E-state index contributed by atoms with van der Waals surface area (Å²) in [6, 6.07) is 2.20. The van der Waals surface area contributed by atoms with Crippen LogP contribution in [0, 0.1) is 0 Å². The minimum Gasteiger partial charge on any atom is -1.00 e. The molecule has 0 spiro atoms. The van der Waals surface area contributed by atoms with Crippen LogP contribution in [0.2, 0.25) is 10.5 Å². The van der Waals surface area contributed by atoms with E-state index in [1.807, 2.05) is 0 Å². The van der Waals surface area contributed by atoms with E-state index in [1.165, 1.54) is 11.1 Å². The number of nitrogens with one attached hydrogen (secondary N) is 1. The molecule has 0 aromatic carbocycles. The van der Waals surface area contributed by atoms with E-state index in [0.717, 1.165) is 6.42 Å². The molecule has 1 aliphatic carbocycles. The maximum absolute atomic E-state index is 3.90. The van der Waals surface area contributed by atoms with Crippen LogP contribution in [0.1, 0.15) is 32.8 Å². The first-order valence-electron chi connectivity index (χ1n) is 7.00. The van der Waals surface area contributed by atoms with Gasteiger partial charge in [-0.05, 0) is 11.0 Å². The van der Waals surface area contributed by atoms with Gasteiger partial charge in [0.1, 0.15) is 0 Å². The van der Waals surface area contributed by atoms with Gasteiger partial charge in [0, 0.05) is 0 Å². The Balaban J connectivity index is 0. The predicted octanol–water partition coefficient (Wildman–Crippen LogP) is -3.19. The average molecular weight is 397 g/mol. The summed E-state index contributed by atoms with van der Waals surface area (Å²) in [4.78, 5) is 0. The maximum Gasteiger partial charge on any atom is -0.0149 e. The number of nitrogens with zero attached hydrogens (tertiary/aromatic N) is 1. The summed E-state index contributed by atoms with van der Waals surface area (Å²) in [5.74, 6) is 0. The first-order chi connectivity index (χ1) is 8.67. The third kappa shape index (κ3) is 6.39. The van der Waals surface area contributed by atoms with Crippen molar-refractivity contribution in [3.63, 3.8) is 0 Å². The molecule has 6 heteroatoms. The summed E-state index contributed by atoms with van der Waals surface area (Å²) in [7, 11) is 2.08. The first kappa shape index (κ1) is 24.5. The number of hydrogen-bond donors (Lipinski definition) is 1. The van der Waals surface area contributed by atoms with Crippen LogP contribution >= 0.6 is 0 Å². The van der Waals surface area contributed by atoms with Crippen molar-refractivity contribution < 1.29 is 41.7 Å². The van der Waals surface area contributed by atoms with Gasteiger partial charge in [-0.3, -0.25) is 0 Å². The summed E-state index contributed by atoms with van der Waals surface area (Å²) >= 11 is -2.07. The van der Waals surface area contributed by atoms with E-state index in [9.17, 15) is 0 Å². The zero-order valence-electron chi connectivity index (χ0n) is 13.8. The molecule has 0 bridgehead atoms. The fourth-order valence-corrected chi connectivity index (χ4v) is 7.80. The van der Waals surface area contributed by atoms with Crippen LogP contribution in [0.15, 0.2) is 34.5 Å². The summed E-state index contributed by atoms with van der Waals surface area (Å²) in [5.41, 5.74) is 2.94. The van der Waals surface area contributed by atoms with E-state index in [1.54, 1.807) is 3.88 Å². The van der Waals surface area contributed by atoms with E-state index in [0.29, 0.717) is 0 Å². The van der Waals surface area contributed by atoms with E-state index >= 15 is 0 Å². The van der Waals surface area contributed by atoms with Crippen LogP contribution in [0.25, 0.3) is 5.57 Å². The van der Waals surface area contributed by atoms with Crippen molar-refractivity contribution >= 4 is 16.5 Å². The summed E-state index contributed by atoms with van der Waals surface area (Å²) < 4.78 is 7.66. The minimum atomic E-state index is -2.07. The van der Waals surface area contributed by atoms with Crippen molar-refractivity contribution in [2.24, 2.45) is 7.05 Å². The smallest absolute Gasteiger partial charge is 0.0149 e. The summed E-state index contributed by atoms with van der Waals surface area (Å²) in [6.45, 7) is 6.79. The molecule has 22 heavy (non-hydrogen) atoms. The van der Waals surface area contributed by atoms with E-state index < -0.39 is 16.8 Å². The van der Waals surface area contributed by atoms with Gasteiger partial charge in [-0.15, -0.1) is 0 Å². The Labute approximate surface area is 156 Å². The molecule has 2 nitrogen and oxygen atoms in total. The molecule has 1 aliphatic rings. The van der Waals surface area contributed by atoms with Crippen molar-refractivity contribution in [3.8, 4) is 0 Å². The van der Waals surface area contributed by atoms with E-state index in [2.05, 4.69) is 77.3 Å². The molecule has 126 valence electrons. The Bertz CT molecular complexity index is 543. The van der Waals surface area contributed by atoms with Crippen LogP contribution in [-0.2, 0) is 23.9 Å². The molecule has 1 aromatic rings. The first-order valence-corrected chi connectivity index (χ1v) is 11.7. The predicted molar refractivity (Wildman–Crippen MR) is 92.0 cm³/mol. The quantitative estimate of drug-likeness (QED) is 0.532. The van der Waals surface area contributed by atoms with Gasteiger partial charge in [0.05, 0.1) is 0 Å². The molecule has 2 rings (SSSR count). The second-order valence-electron chi connectivity index (χ2n) is 7.10. The van der Waals surface area contributed by atoms with Crippen LogP contribution in [0.3, 0.4) is 0 Å². The zero-order chi connectivity index (χ0) is 14.3. The Morgan fingerprint density at radius 1 is 1.18 bits per heavy atom. The molecule has 0 radical (unpaired) electrons. The Morgan fingerprint density at radius 2 is 1.77 bits per heavy atom. The zero-order valence-corrected chi connectivity index (χ0v) is 16.9. The van der Waals surface area contributed by atoms with Crippen molar-refractivity contribution in [3.05, 3.63) is 40.1 Å². The van der Waals surface area contributed by atoms with Crippen LogP contribution in [-0.4, -0.2) is 21.1 Å². The van der Waals surface area contributed by atoms with Gasteiger partial charge in [0.2, 0.25) is 0 Å². The Hall–Kier alpha value is 0.231. The number of allylic oxidation sites excluding steroid dienone is 4. The number of aromatic nitrogens is 1. The fourth-order valence-electron chi connectivity index (χ4n) is 2.85. The van der Waals surface area contributed by atoms with Crippen LogP contribution in [0.5, 0.6) is 0 Å². The minimum absolute atomic E-state index is 0. The van der Waals surface area contributed by atoms with Gasteiger partial charge in [0.15, 0.2) is 0 Å². The van der Waals surface area contributed by atoms with Gasteiger partial charge in [0.25, 0.3) is 0 Å². The molecule has 0 amide bonds. The maximum atomic E-state index is 3.90. The van der Waals surface area contributed by atoms with Crippen molar-refractivity contribution in [1.82, 2.24) is 8.37 Å². The van der Waals surface area contributed by atoms with Crippen LogP contribution < -0.4 is 28.6 Å². The topological polar surface area (TPSA) is 17.0 Å².